The molecule has 0 aliphatic carbocycles. The normalized spacial score (nSPS) is 10.9. The van der Waals surface area contributed by atoms with E-state index in [2.05, 4.69) is 4.98 Å². The van der Waals surface area contributed by atoms with Crippen molar-refractivity contribution in [2.75, 3.05) is 0 Å². The van der Waals surface area contributed by atoms with E-state index in [-0.39, 0.29) is 11.4 Å². The van der Waals surface area contributed by atoms with Crippen LogP contribution in [0, 0.1) is 18.3 Å². The summed E-state index contributed by atoms with van der Waals surface area (Å²) >= 11 is 0. The van der Waals surface area contributed by atoms with Crippen LogP contribution in [0.1, 0.15) is 16.8 Å². The Bertz CT molecular complexity index is 746. The highest BCUT2D eigenvalue weighted by molar-refractivity contribution is 7.90. The SMILES string of the molecule is Cc1cccc(S(=O)(=O)Cc2ccnc(C#N)c2)c1. The number of hydrogen-bond donors (Lipinski definition) is 0. The highest BCUT2D eigenvalue weighted by Gasteiger charge is 2.15. The van der Waals surface area contributed by atoms with Gasteiger partial charge in [-0.3, -0.25) is 0 Å². The Morgan fingerprint density at radius 1 is 1.26 bits per heavy atom. The summed E-state index contributed by atoms with van der Waals surface area (Å²) in [5.74, 6) is -0.131. The zero-order chi connectivity index (χ0) is 13.9. The van der Waals surface area contributed by atoms with Crippen molar-refractivity contribution in [2.45, 2.75) is 17.6 Å². The second-order valence-electron chi connectivity index (χ2n) is 4.24. The molecule has 0 unspecified atom stereocenters. The third kappa shape index (κ3) is 3.18. The first kappa shape index (κ1) is 13.2. The van der Waals surface area contributed by atoms with Crippen LogP contribution >= 0.6 is 0 Å². The second kappa shape index (κ2) is 5.21. The van der Waals surface area contributed by atoms with Crippen molar-refractivity contribution >= 4 is 9.84 Å². The average Bonchev–Trinajstić information content (AvgIpc) is 2.38. The maximum absolute atomic E-state index is 12.3. The summed E-state index contributed by atoms with van der Waals surface area (Å²) in [6.45, 7) is 1.85. The van der Waals surface area contributed by atoms with Gasteiger partial charge in [-0.05, 0) is 42.3 Å². The lowest BCUT2D eigenvalue weighted by Crippen LogP contribution is -2.05. The van der Waals surface area contributed by atoms with Crippen LogP contribution in [-0.2, 0) is 15.6 Å². The highest BCUT2D eigenvalue weighted by atomic mass is 32.2. The minimum Gasteiger partial charge on any atom is -0.246 e. The molecule has 0 amide bonds. The summed E-state index contributed by atoms with van der Waals surface area (Å²) < 4.78 is 24.5. The predicted octanol–water partition coefficient (Wildman–Crippen LogP) is 2.24. The van der Waals surface area contributed by atoms with Crippen molar-refractivity contribution in [1.29, 1.82) is 5.26 Å². The minimum absolute atomic E-state index is 0.131. The summed E-state index contributed by atoms with van der Waals surface area (Å²) in [7, 11) is -3.40. The van der Waals surface area contributed by atoms with Crippen LogP contribution in [-0.4, -0.2) is 13.4 Å². The lowest BCUT2D eigenvalue weighted by atomic mass is 10.2. The number of benzene rings is 1. The number of nitriles is 1. The fraction of sp³-hybridized carbons (Fsp3) is 0.143. The maximum atomic E-state index is 12.3. The molecule has 0 N–H and O–H groups in total. The molecule has 0 aliphatic heterocycles. The topological polar surface area (TPSA) is 70.8 Å². The molecule has 0 saturated carbocycles. The van der Waals surface area contributed by atoms with Gasteiger partial charge in [-0.15, -0.1) is 0 Å². The van der Waals surface area contributed by atoms with Crippen LogP contribution in [0.3, 0.4) is 0 Å². The van der Waals surface area contributed by atoms with Gasteiger partial charge in [0.15, 0.2) is 9.84 Å². The smallest absolute Gasteiger partial charge is 0.182 e. The Hall–Kier alpha value is -2.19. The van der Waals surface area contributed by atoms with Crippen LogP contribution < -0.4 is 0 Å². The molecule has 0 radical (unpaired) electrons. The Morgan fingerprint density at radius 2 is 2.05 bits per heavy atom. The number of sulfone groups is 1. The molecule has 0 atom stereocenters. The molecule has 2 rings (SSSR count). The van der Waals surface area contributed by atoms with Crippen molar-refractivity contribution < 1.29 is 8.42 Å². The Labute approximate surface area is 112 Å². The van der Waals surface area contributed by atoms with Gasteiger partial charge < -0.3 is 0 Å². The van der Waals surface area contributed by atoms with E-state index in [9.17, 15) is 8.42 Å². The highest BCUT2D eigenvalue weighted by Crippen LogP contribution is 2.17. The first-order valence-electron chi connectivity index (χ1n) is 5.66. The van der Waals surface area contributed by atoms with Crippen LogP contribution in [0.5, 0.6) is 0 Å². The second-order valence-corrected chi connectivity index (χ2v) is 6.23. The molecule has 19 heavy (non-hydrogen) atoms. The van der Waals surface area contributed by atoms with E-state index in [1.807, 2.05) is 19.1 Å². The molecule has 0 bridgehead atoms. The zero-order valence-corrected chi connectivity index (χ0v) is 11.2. The third-order valence-electron chi connectivity index (χ3n) is 2.64. The van der Waals surface area contributed by atoms with Gasteiger partial charge in [0.25, 0.3) is 0 Å². The molecule has 0 spiro atoms. The van der Waals surface area contributed by atoms with Crippen LogP contribution in [0.25, 0.3) is 0 Å². The first-order chi connectivity index (χ1) is 9.01. The van der Waals surface area contributed by atoms with Gasteiger partial charge in [0, 0.05) is 6.20 Å². The van der Waals surface area contributed by atoms with Gasteiger partial charge in [0.05, 0.1) is 10.6 Å². The van der Waals surface area contributed by atoms with Crippen molar-refractivity contribution in [3.05, 3.63) is 59.4 Å². The predicted molar refractivity (Wildman–Crippen MR) is 71.0 cm³/mol. The van der Waals surface area contributed by atoms with Crippen LogP contribution in [0.15, 0.2) is 47.5 Å². The Kier molecular flexibility index (Phi) is 3.63. The average molecular weight is 272 g/mol. The van der Waals surface area contributed by atoms with Gasteiger partial charge in [0.2, 0.25) is 0 Å². The van der Waals surface area contributed by atoms with E-state index >= 15 is 0 Å². The number of aromatic nitrogens is 1. The van der Waals surface area contributed by atoms with Crippen molar-refractivity contribution in [3.8, 4) is 6.07 Å². The Morgan fingerprint density at radius 3 is 2.74 bits per heavy atom. The van der Waals surface area contributed by atoms with E-state index < -0.39 is 9.84 Å². The van der Waals surface area contributed by atoms with E-state index in [1.165, 1.54) is 12.3 Å². The molecule has 0 saturated heterocycles. The number of rotatable bonds is 3. The van der Waals surface area contributed by atoms with Gasteiger partial charge >= 0.3 is 0 Å². The standard InChI is InChI=1S/C14H12N2O2S/c1-11-3-2-4-14(7-11)19(17,18)10-12-5-6-16-13(8-12)9-15/h2-8H,10H2,1H3. The molecular formula is C14H12N2O2S. The molecular weight excluding hydrogens is 260 g/mol. The van der Waals surface area contributed by atoms with Crippen molar-refractivity contribution in [3.63, 3.8) is 0 Å². The van der Waals surface area contributed by atoms with Gasteiger partial charge in [-0.1, -0.05) is 12.1 Å². The van der Waals surface area contributed by atoms with E-state index in [1.54, 1.807) is 24.3 Å². The van der Waals surface area contributed by atoms with E-state index in [4.69, 9.17) is 5.26 Å². The number of nitrogens with zero attached hydrogens (tertiary/aromatic N) is 2. The summed E-state index contributed by atoms with van der Waals surface area (Å²) in [6, 6.07) is 11.8. The van der Waals surface area contributed by atoms with Gasteiger partial charge in [-0.2, -0.15) is 5.26 Å². The zero-order valence-electron chi connectivity index (χ0n) is 10.4. The number of hydrogen-bond acceptors (Lipinski definition) is 4. The van der Waals surface area contributed by atoms with E-state index in [0.29, 0.717) is 10.5 Å². The summed E-state index contributed by atoms with van der Waals surface area (Å²) in [5.41, 5.74) is 1.68. The van der Waals surface area contributed by atoms with Gasteiger partial charge in [-0.25, -0.2) is 13.4 Å². The molecule has 1 heterocycles. The monoisotopic (exact) mass is 272 g/mol. The van der Waals surface area contributed by atoms with Crippen molar-refractivity contribution in [2.24, 2.45) is 0 Å². The fourth-order valence-electron chi connectivity index (χ4n) is 1.74. The maximum Gasteiger partial charge on any atom is 0.182 e. The molecule has 0 aliphatic rings. The molecule has 2 aromatic rings. The molecule has 1 aromatic heterocycles. The largest absolute Gasteiger partial charge is 0.246 e. The lowest BCUT2D eigenvalue weighted by Gasteiger charge is -2.05. The molecule has 4 nitrogen and oxygen atoms in total. The summed E-state index contributed by atoms with van der Waals surface area (Å²) in [6.07, 6.45) is 1.44. The minimum atomic E-state index is -3.40. The third-order valence-corrected chi connectivity index (χ3v) is 4.33. The molecule has 5 heteroatoms. The van der Waals surface area contributed by atoms with E-state index in [0.717, 1.165) is 5.56 Å². The summed E-state index contributed by atoms with van der Waals surface area (Å²) in [4.78, 5) is 4.11. The molecule has 1 aromatic carbocycles. The number of aryl methyl sites for hydroxylation is 1. The van der Waals surface area contributed by atoms with Gasteiger partial charge in [0.1, 0.15) is 11.8 Å². The molecule has 0 fully saturated rings. The lowest BCUT2D eigenvalue weighted by molar-refractivity contribution is 0.595. The number of pyridine rings is 1. The van der Waals surface area contributed by atoms with Crippen molar-refractivity contribution in [1.82, 2.24) is 4.98 Å². The quantitative estimate of drug-likeness (QED) is 0.859. The first-order valence-corrected chi connectivity index (χ1v) is 7.31. The molecule has 96 valence electrons. The summed E-state index contributed by atoms with van der Waals surface area (Å²) in [5, 5.41) is 8.75. The van der Waals surface area contributed by atoms with Crippen LogP contribution in [0.4, 0.5) is 0 Å². The Balaban J connectivity index is 2.34. The fourth-order valence-corrected chi connectivity index (χ4v) is 3.17. The van der Waals surface area contributed by atoms with Crippen LogP contribution in [0.2, 0.25) is 0 Å².